The summed E-state index contributed by atoms with van der Waals surface area (Å²) in [7, 11) is 0. The van der Waals surface area contributed by atoms with Gasteiger partial charge in [-0.1, -0.05) is 37.0 Å². The first-order valence-electron chi connectivity index (χ1n) is 7.15. The quantitative estimate of drug-likeness (QED) is 0.727. The van der Waals surface area contributed by atoms with Crippen LogP contribution in [0, 0.1) is 5.82 Å². The zero-order valence-corrected chi connectivity index (χ0v) is 14.2. The van der Waals surface area contributed by atoms with Gasteiger partial charge in [-0.05, 0) is 25.0 Å². The van der Waals surface area contributed by atoms with Gasteiger partial charge in [0.15, 0.2) is 0 Å². The summed E-state index contributed by atoms with van der Waals surface area (Å²) in [5.41, 5.74) is 0.975. The van der Waals surface area contributed by atoms with Crippen molar-refractivity contribution in [3.8, 4) is 11.3 Å². The number of carbonyl (C=O) groups excluding carboxylic acids is 1. The molecule has 0 aliphatic heterocycles. The van der Waals surface area contributed by atoms with Crippen molar-refractivity contribution >= 4 is 29.2 Å². The third-order valence-corrected chi connectivity index (χ3v) is 3.88. The van der Waals surface area contributed by atoms with Crippen LogP contribution in [0.5, 0.6) is 0 Å². The Bertz CT molecular complexity index is 738. The summed E-state index contributed by atoms with van der Waals surface area (Å²) in [4.78, 5) is 20.1. The Morgan fingerprint density at radius 2 is 2.00 bits per heavy atom. The highest BCUT2D eigenvalue weighted by Crippen LogP contribution is 2.33. The van der Waals surface area contributed by atoms with Gasteiger partial charge in [0.2, 0.25) is 0 Å². The molecule has 0 atom stereocenters. The van der Waals surface area contributed by atoms with E-state index in [2.05, 4.69) is 9.97 Å². The Hall–Kier alpha value is -1.72. The highest BCUT2D eigenvalue weighted by molar-refractivity contribution is 6.34. The Balaban J connectivity index is 2.54. The molecule has 1 aromatic heterocycles. The second-order valence-corrected chi connectivity index (χ2v) is 5.57. The number of aryl methyl sites for hydroxylation is 1. The number of carbonyl (C=O) groups is 1. The number of ether oxygens (including phenoxy) is 1. The average Bonchev–Trinajstić information content (AvgIpc) is 2.53. The summed E-state index contributed by atoms with van der Waals surface area (Å²) in [5.74, 6) is -1.23. The van der Waals surface area contributed by atoms with E-state index >= 15 is 0 Å². The molecule has 23 heavy (non-hydrogen) atoms. The molecular weight excluding hydrogens is 342 g/mol. The molecule has 0 spiro atoms. The van der Waals surface area contributed by atoms with E-state index in [-0.39, 0.29) is 33.5 Å². The molecule has 0 saturated carbocycles. The van der Waals surface area contributed by atoms with Crippen molar-refractivity contribution in [3.63, 3.8) is 0 Å². The highest BCUT2D eigenvalue weighted by atomic mass is 35.5. The number of esters is 1. The van der Waals surface area contributed by atoms with E-state index in [1.165, 1.54) is 12.4 Å². The zero-order chi connectivity index (χ0) is 17.0. The predicted molar refractivity (Wildman–Crippen MR) is 87.4 cm³/mol. The molecule has 2 aromatic rings. The van der Waals surface area contributed by atoms with E-state index in [1.54, 1.807) is 0 Å². The second kappa shape index (κ2) is 7.70. The van der Waals surface area contributed by atoms with E-state index in [0.29, 0.717) is 18.5 Å². The fourth-order valence-electron chi connectivity index (χ4n) is 2.00. The third kappa shape index (κ3) is 3.79. The third-order valence-electron chi connectivity index (χ3n) is 3.17. The van der Waals surface area contributed by atoms with Gasteiger partial charge in [-0.15, -0.1) is 0 Å². The maximum absolute atomic E-state index is 14.3. The van der Waals surface area contributed by atoms with E-state index in [9.17, 15) is 9.18 Å². The zero-order valence-electron chi connectivity index (χ0n) is 12.7. The van der Waals surface area contributed by atoms with Gasteiger partial charge in [0.05, 0.1) is 33.6 Å². The fraction of sp³-hybridized carbons (Fsp3) is 0.312. The van der Waals surface area contributed by atoms with Crippen LogP contribution in [0.15, 0.2) is 18.5 Å². The Morgan fingerprint density at radius 1 is 1.26 bits per heavy atom. The van der Waals surface area contributed by atoms with E-state index < -0.39 is 11.8 Å². The number of hydrogen-bond donors (Lipinski definition) is 0. The molecule has 1 aromatic carbocycles. The molecular formula is C16H15Cl2FN2O2. The molecule has 0 saturated heterocycles. The Labute approximate surface area is 143 Å². The summed E-state index contributed by atoms with van der Waals surface area (Å²) in [5, 5.41) is 0.234. The first-order valence-corrected chi connectivity index (χ1v) is 7.91. The summed E-state index contributed by atoms with van der Waals surface area (Å²) in [6, 6.07) is 2.37. The van der Waals surface area contributed by atoms with Crippen molar-refractivity contribution in [2.75, 3.05) is 6.61 Å². The van der Waals surface area contributed by atoms with Crippen LogP contribution in [0.1, 0.15) is 36.3 Å². The summed E-state index contributed by atoms with van der Waals surface area (Å²) < 4.78 is 19.3. The monoisotopic (exact) mass is 356 g/mol. The molecule has 0 amide bonds. The van der Waals surface area contributed by atoms with Gasteiger partial charge in [-0.25, -0.2) is 19.2 Å². The van der Waals surface area contributed by atoms with Gasteiger partial charge in [-0.3, -0.25) is 0 Å². The molecule has 0 fully saturated rings. The fourth-order valence-corrected chi connectivity index (χ4v) is 2.56. The molecule has 0 aliphatic carbocycles. The van der Waals surface area contributed by atoms with E-state index in [1.807, 2.05) is 13.8 Å². The molecule has 1 heterocycles. The van der Waals surface area contributed by atoms with Crippen LogP contribution in [0.4, 0.5) is 4.39 Å². The SMILES string of the molecule is CCCOC(=O)c1cc(-c2ncnc(CC)c2Cl)c(F)cc1Cl. The van der Waals surface area contributed by atoms with Gasteiger partial charge in [-0.2, -0.15) is 0 Å². The lowest BCUT2D eigenvalue weighted by Gasteiger charge is -2.11. The van der Waals surface area contributed by atoms with Crippen molar-refractivity contribution in [2.45, 2.75) is 26.7 Å². The van der Waals surface area contributed by atoms with Gasteiger partial charge >= 0.3 is 5.97 Å². The minimum Gasteiger partial charge on any atom is -0.462 e. The summed E-state index contributed by atoms with van der Waals surface area (Å²) in [6.07, 6.45) is 2.56. The Morgan fingerprint density at radius 3 is 2.65 bits per heavy atom. The maximum atomic E-state index is 14.3. The first kappa shape index (κ1) is 17.6. The average molecular weight is 357 g/mol. The normalized spacial score (nSPS) is 10.7. The molecule has 122 valence electrons. The molecule has 0 unspecified atom stereocenters. The van der Waals surface area contributed by atoms with E-state index in [0.717, 1.165) is 6.07 Å². The van der Waals surface area contributed by atoms with Gasteiger partial charge < -0.3 is 4.74 Å². The number of benzene rings is 1. The lowest BCUT2D eigenvalue weighted by molar-refractivity contribution is 0.0505. The molecule has 2 rings (SSSR count). The Kier molecular flexibility index (Phi) is 5.91. The van der Waals surface area contributed by atoms with Crippen LogP contribution in [0.2, 0.25) is 10.0 Å². The second-order valence-electron chi connectivity index (χ2n) is 4.78. The molecule has 0 N–H and O–H groups in total. The predicted octanol–water partition coefficient (Wildman–Crippen LogP) is 4.72. The van der Waals surface area contributed by atoms with Crippen molar-refractivity contribution < 1.29 is 13.9 Å². The molecule has 4 nitrogen and oxygen atoms in total. The first-order chi connectivity index (χ1) is 11.0. The lowest BCUT2D eigenvalue weighted by atomic mass is 10.1. The molecule has 7 heteroatoms. The van der Waals surface area contributed by atoms with E-state index in [4.69, 9.17) is 27.9 Å². The number of hydrogen-bond acceptors (Lipinski definition) is 4. The molecule has 0 bridgehead atoms. The van der Waals surface area contributed by atoms with Crippen molar-refractivity contribution in [1.29, 1.82) is 0 Å². The van der Waals surface area contributed by atoms with Gasteiger partial charge in [0.1, 0.15) is 12.1 Å². The minimum atomic E-state index is -0.621. The van der Waals surface area contributed by atoms with Crippen LogP contribution in [0.3, 0.4) is 0 Å². The number of halogens is 3. The van der Waals surface area contributed by atoms with Crippen molar-refractivity contribution in [2.24, 2.45) is 0 Å². The standard InChI is InChI=1S/C16H15Cl2FN2O2/c1-3-5-23-16(22)9-6-10(12(19)7-11(9)17)15-14(18)13(4-2)20-8-21-15/h6-8H,3-5H2,1-2H3. The lowest BCUT2D eigenvalue weighted by Crippen LogP contribution is -2.08. The summed E-state index contributed by atoms with van der Waals surface area (Å²) >= 11 is 12.2. The largest absolute Gasteiger partial charge is 0.462 e. The summed E-state index contributed by atoms with van der Waals surface area (Å²) in [6.45, 7) is 4.01. The van der Waals surface area contributed by atoms with Crippen LogP contribution in [-0.2, 0) is 11.2 Å². The van der Waals surface area contributed by atoms with Crippen molar-refractivity contribution in [3.05, 3.63) is 45.6 Å². The van der Waals surface area contributed by atoms with Crippen LogP contribution >= 0.6 is 23.2 Å². The molecule has 0 radical (unpaired) electrons. The van der Waals surface area contributed by atoms with Crippen LogP contribution in [0.25, 0.3) is 11.3 Å². The minimum absolute atomic E-state index is 0.0201. The number of aromatic nitrogens is 2. The molecule has 0 aliphatic rings. The van der Waals surface area contributed by atoms with Crippen LogP contribution < -0.4 is 0 Å². The van der Waals surface area contributed by atoms with Gasteiger partial charge in [0.25, 0.3) is 0 Å². The van der Waals surface area contributed by atoms with Crippen LogP contribution in [-0.4, -0.2) is 22.5 Å². The smallest absolute Gasteiger partial charge is 0.339 e. The topological polar surface area (TPSA) is 52.1 Å². The van der Waals surface area contributed by atoms with Gasteiger partial charge in [0, 0.05) is 5.56 Å². The maximum Gasteiger partial charge on any atom is 0.339 e. The van der Waals surface area contributed by atoms with Crippen molar-refractivity contribution in [1.82, 2.24) is 9.97 Å². The number of rotatable bonds is 5. The highest BCUT2D eigenvalue weighted by Gasteiger charge is 2.20. The number of nitrogens with zero attached hydrogens (tertiary/aromatic N) is 2.